The molecule has 254 valence electrons. The quantitative estimate of drug-likeness (QED) is 0.179. The molecule has 5 rings (SSSR count). The van der Waals surface area contributed by atoms with Gasteiger partial charge < -0.3 is 19.5 Å². The van der Waals surface area contributed by atoms with E-state index in [1.165, 1.54) is 23.6 Å². The summed E-state index contributed by atoms with van der Waals surface area (Å²) in [6.45, 7) is 3.75. The van der Waals surface area contributed by atoms with Crippen LogP contribution in [0.2, 0.25) is 10.0 Å². The molecule has 2 aromatic heterocycles. The van der Waals surface area contributed by atoms with E-state index in [1.54, 1.807) is 48.3 Å². The van der Waals surface area contributed by atoms with Gasteiger partial charge in [-0.3, -0.25) is 18.8 Å². The number of rotatable bonds is 10. The van der Waals surface area contributed by atoms with Crippen LogP contribution in [0.15, 0.2) is 58.3 Å². The summed E-state index contributed by atoms with van der Waals surface area (Å²) in [7, 11) is 1.56. The third-order valence-electron chi connectivity index (χ3n) is 8.09. The van der Waals surface area contributed by atoms with Crippen LogP contribution in [0.5, 0.6) is 0 Å². The first-order chi connectivity index (χ1) is 23.0. The lowest BCUT2D eigenvalue weighted by Gasteiger charge is -2.23. The van der Waals surface area contributed by atoms with Gasteiger partial charge in [-0.2, -0.15) is 5.10 Å². The van der Waals surface area contributed by atoms with Gasteiger partial charge in [0.15, 0.2) is 5.52 Å². The smallest absolute Gasteiger partial charge is 0.431 e. The summed E-state index contributed by atoms with van der Waals surface area (Å²) in [5.41, 5.74) is 0.207. The van der Waals surface area contributed by atoms with Gasteiger partial charge in [-0.25, -0.2) is 19.0 Å². The molecule has 2 aromatic carbocycles. The number of benzene rings is 2. The Morgan fingerprint density at radius 2 is 1.67 bits per heavy atom. The molecule has 4 aromatic rings. The van der Waals surface area contributed by atoms with E-state index in [-0.39, 0.29) is 39.3 Å². The third-order valence-corrected chi connectivity index (χ3v) is 8.71. The van der Waals surface area contributed by atoms with Crippen molar-refractivity contribution in [3.8, 4) is 5.69 Å². The van der Waals surface area contributed by atoms with Crippen LogP contribution in [0, 0.1) is 0 Å². The number of halogens is 2. The number of carbonyl (C=O) groups excluding carboxylic acids is 3. The summed E-state index contributed by atoms with van der Waals surface area (Å²) in [4.78, 5) is 65.4. The van der Waals surface area contributed by atoms with Crippen LogP contribution in [0.1, 0.15) is 61.9 Å². The molecule has 0 saturated heterocycles. The minimum Gasteiger partial charge on any atom is -0.431 e. The van der Waals surface area contributed by atoms with E-state index in [1.807, 2.05) is 6.92 Å². The molecule has 1 amide bonds. The highest BCUT2D eigenvalue weighted by molar-refractivity contribution is 6.39. The normalized spacial score (nSPS) is 14.7. The zero-order valence-electron chi connectivity index (χ0n) is 26.6. The van der Waals surface area contributed by atoms with Crippen LogP contribution < -0.4 is 16.6 Å². The number of carbonyl (C=O) groups is 3. The molecule has 0 spiro atoms. The molecular weight excluding hydrogens is 665 g/mol. The molecular formula is C33H35Cl2N5O8. The molecule has 1 aliphatic rings. The second kappa shape index (κ2) is 15.1. The molecule has 1 unspecified atom stereocenters. The first kappa shape index (κ1) is 34.7. The predicted molar refractivity (Wildman–Crippen MR) is 178 cm³/mol. The lowest BCUT2D eigenvalue weighted by atomic mass is 9.98. The Kier molecular flexibility index (Phi) is 10.9. The van der Waals surface area contributed by atoms with Crippen LogP contribution in [-0.4, -0.2) is 55.4 Å². The van der Waals surface area contributed by atoms with Crippen molar-refractivity contribution >= 4 is 52.3 Å². The first-order valence-corrected chi connectivity index (χ1v) is 16.3. The molecule has 1 N–H and O–H groups in total. The van der Waals surface area contributed by atoms with Gasteiger partial charge in [0, 0.05) is 33.1 Å². The van der Waals surface area contributed by atoms with Gasteiger partial charge in [-0.05, 0) is 62.4 Å². The van der Waals surface area contributed by atoms with Gasteiger partial charge in [0.1, 0.15) is 12.1 Å². The van der Waals surface area contributed by atoms with E-state index in [9.17, 15) is 24.0 Å². The second-order valence-electron chi connectivity index (χ2n) is 11.4. The molecule has 0 radical (unpaired) electrons. The van der Waals surface area contributed by atoms with Crippen LogP contribution in [0.3, 0.4) is 0 Å². The number of fused-ring (bicyclic) bond motifs is 1. The Morgan fingerprint density at radius 1 is 1.00 bits per heavy atom. The predicted octanol–water partition coefficient (Wildman–Crippen LogP) is 4.93. The van der Waals surface area contributed by atoms with Gasteiger partial charge in [-0.1, -0.05) is 47.8 Å². The number of esters is 1. The summed E-state index contributed by atoms with van der Waals surface area (Å²) in [5.74, 6) is -1.64. The van der Waals surface area contributed by atoms with E-state index in [2.05, 4.69) is 10.4 Å². The molecule has 2 heterocycles. The number of nitrogens with one attached hydrogen (secondary N) is 1. The lowest BCUT2D eigenvalue weighted by Crippen LogP contribution is -2.45. The molecule has 1 aliphatic carbocycles. The topological polar surface area (TPSA) is 153 Å². The Balaban J connectivity index is 1.36. The Morgan fingerprint density at radius 3 is 2.31 bits per heavy atom. The van der Waals surface area contributed by atoms with Crippen molar-refractivity contribution in [3.05, 3.63) is 90.7 Å². The van der Waals surface area contributed by atoms with Gasteiger partial charge in [-0.15, -0.1) is 0 Å². The summed E-state index contributed by atoms with van der Waals surface area (Å²) in [6, 6.07) is 9.55. The number of hydrogen-bond donors (Lipinski definition) is 1. The monoisotopic (exact) mass is 699 g/mol. The van der Waals surface area contributed by atoms with Crippen molar-refractivity contribution in [2.75, 3.05) is 0 Å². The molecule has 2 atom stereocenters. The number of hydrogen-bond acceptors (Lipinski definition) is 9. The van der Waals surface area contributed by atoms with Crippen molar-refractivity contribution in [2.24, 2.45) is 7.05 Å². The lowest BCUT2D eigenvalue weighted by molar-refractivity contribution is -0.171. The zero-order valence-corrected chi connectivity index (χ0v) is 28.1. The van der Waals surface area contributed by atoms with Crippen molar-refractivity contribution in [1.29, 1.82) is 0 Å². The van der Waals surface area contributed by atoms with Crippen molar-refractivity contribution in [3.63, 3.8) is 0 Å². The molecule has 13 nitrogen and oxygen atoms in total. The van der Waals surface area contributed by atoms with E-state index in [0.717, 1.165) is 36.7 Å². The Bertz CT molecular complexity index is 1930. The van der Waals surface area contributed by atoms with Gasteiger partial charge >= 0.3 is 17.8 Å². The van der Waals surface area contributed by atoms with Crippen LogP contribution in [0.25, 0.3) is 16.7 Å². The van der Waals surface area contributed by atoms with Crippen LogP contribution in [0.4, 0.5) is 4.79 Å². The van der Waals surface area contributed by atoms with Gasteiger partial charge in [0.25, 0.3) is 11.5 Å². The Labute approximate surface area is 285 Å². The summed E-state index contributed by atoms with van der Waals surface area (Å²) < 4.78 is 19.8. The minimum atomic E-state index is -1.33. The SMILES string of the molecule is CCn1cc2c(n1)c(=O)n(-c1ccc(C[C@H](NC(=O)c3c(Cl)cccc3Cl)C(=O)OC(C)OC(=O)OC3CCCCC3)cc1)c(=O)n2C. The molecule has 0 bridgehead atoms. The number of aromatic nitrogens is 4. The van der Waals surface area contributed by atoms with Gasteiger partial charge in [0.05, 0.1) is 26.8 Å². The maximum Gasteiger partial charge on any atom is 0.511 e. The largest absolute Gasteiger partial charge is 0.511 e. The highest BCUT2D eigenvalue weighted by Crippen LogP contribution is 2.25. The van der Waals surface area contributed by atoms with E-state index >= 15 is 0 Å². The maximum absolute atomic E-state index is 13.4. The average molecular weight is 701 g/mol. The molecule has 15 heteroatoms. The highest BCUT2D eigenvalue weighted by Gasteiger charge is 2.29. The molecule has 48 heavy (non-hydrogen) atoms. The first-order valence-electron chi connectivity index (χ1n) is 15.6. The Hall–Kier alpha value is -4.62. The average Bonchev–Trinajstić information content (AvgIpc) is 3.50. The fourth-order valence-electron chi connectivity index (χ4n) is 5.55. The van der Waals surface area contributed by atoms with Crippen LogP contribution >= 0.6 is 23.2 Å². The highest BCUT2D eigenvalue weighted by atomic mass is 35.5. The number of nitrogens with zero attached hydrogens (tertiary/aromatic N) is 4. The van der Waals surface area contributed by atoms with E-state index in [4.69, 9.17) is 37.4 Å². The molecule has 1 saturated carbocycles. The van der Waals surface area contributed by atoms with Crippen molar-refractivity contribution in [1.82, 2.24) is 24.2 Å². The van der Waals surface area contributed by atoms with E-state index < -0.39 is 41.6 Å². The fraction of sp³-hybridized carbons (Fsp3) is 0.394. The van der Waals surface area contributed by atoms with Crippen molar-refractivity contribution in [2.45, 2.75) is 77.4 Å². The fourth-order valence-corrected chi connectivity index (χ4v) is 6.12. The standard InChI is InChI=1S/C33H35Cl2N5O8/c1-4-39-18-26-28(37-39)30(42)40(32(44)38(26)3)21-15-13-20(14-16-21)17-25(36-29(41)27-23(34)11-8-12-24(27)35)31(43)46-19(2)47-33(45)48-22-9-6-5-7-10-22/h8,11-16,18-19,22,25H,4-7,9-10,17H2,1-3H3,(H,36,41)/t19?,25-/m0/s1. The number of ether oxygens (including phenoxy) is 3. The van der Waals surface area contributed by atoms with Gasteiger partial charge in [0.2, 0.25) is 6.29 Å². The van der Waals surface area contributed by atoms with Crippen LogP contribution in [-0.2, 0) is 39.0 Å². The van der Waals surface area contributed by atoms with Crippen molar-refractivity contribution < 1.29 is 28.6 Å². The summed E-state index contributed by atoms with van der Waals surface area (Å²) >= 11 is 12.5. The second-order valence-corrected chi connectivity index (χ2v) is 12.3. The summed E-state index contributed by atoms with van der Waals surface area (Å²) in [6.07, 6.45) is 3.48. The van der Waals surface area contributed by atoms with E-state index in [0.29, 0.717) is 17.6 Å². The minimum absolute atomic E-state index is 0.0366. The molecule has 1 fully saturated rings. The molecule has 0 aliphatic heterocycles. The third kappa shape index (κ3) is 7.74. The maximum atomic E-state index is 13.4. The summed E-state index contributed by atoms with van der Waals surface area (Å²) in [5, 5.41) is 7.07. The number of amides is 1. The number of aryl methyl sites for hydroxylation is 2. The zero-order chi connectivity index (χ0) is 34.5.